The van der Waals surface area contributed by atoms with Crippen molar-refractivity contribution in [3.8, 4) is 5.69 Å². The predicted octanol–water partition coefficient (Wildman–Crippen LogP) is 13.5. The normalized spacial score (nSPS) is 14.1. The van der Waals surface area contributed by atoms with Gasteiger partial charge in [0.2, 0.25) is 0 Å². The lowest BCUT2D eigenvalue weighted by Crippen LogP contribution is -2.77. The van der Waals surface area contributed by atoms with Gasteiger partial charge in [-0.05, 0) is 108 Å². The predicted molar refractivity (Wildman–Crippen MR) is 337 cm³/mol. The first-order chi connectivity index (χ1) is 38.7. The quantitative estimate of drug-likeness (QED) is 0.147. The van der Waals surface area contributed by atoms with Gasteiger partial charge in [0, 0.05) is 60.4 Å². The van der Waals surface area contributed by atoms with Crippen LogP contribution in [0.5, 0.6) is 0 Å². The van der Waals surface area contributed by atoms with Gasteiger partial charge in [0.1, 0.15) is 0 Å². The van der Waals surface area contributed by atoms with Gasteiger partial charge < -0.3 is 14.4 Å². The maximum absolute atomic E-state index is 2.86. The van der Waals surface area contributed by atoms with Gasteiger partial charge in [0.25, 0.3) is 0 Å². The molecule has 16 rings (SSSR count). The molecule has 14 aromatic rings. The zero-order chi connectivity index (χ0) is 51.4. The van der Waals surface area contributed by atoms with Gasteiger partial charge in [-0.3, -0.25) is 0 Å². The van der Waals surface area contributed by atoms with Gasteiger partial charge in [-0.25, -0.2) is 0 Å². The van der Waals surface area contributed by atoms with E-state index in [0.29, 0.717) is 0 Å². The molecule has 3 nitrogen and oxygen atoms in total. The third kappa shape index (κ3) is 6.30. The summed E-state index contributed by atoms with van der Waals surface area (Å²) in [6, 6.07) is 112. The molecule has 0 bridgehead atoms. The summed E-state index contributed by atoms with van der Waals surface area (Å²) in [6.45, 7) is 0. The maximum Gasteiger partial charge on any atom is 0.184 e. The number of anilines is 6. The largest absolute Gasteiger partial charge is 0.311 e. The Morgan fingerprint density at radius 3 is 1.03 bits per heavy atom. The zero-order valence-corrected chi connectivity index (χ0v) is 45.4. The molecule has 0 amide bonds. The average molecular weight is 1040 g/mol. The van der Waals surface area contributed by atoms with Crippen molar-refractivity contribution >= 4 is 145 Å². The van der Waals surface area contributed by atoms with Crippen LogP contribution in [0.3, 0.4) is 0 Å². The Balaban J connectivity index is 0.981. The van der Waals surface area contributed by atoms with E-state index in [1.165, 1.54) is 112 Å². The molecular weight excluding hydrogens is 995 g/mol. The van der Waals surface area contributed by atoms with Crippen LogP contribution in [-0.2, 0) is 0 Å². The lowest BCUT2D eigenvalue weighted by atomic mass is 10.1. The van der Waals surface area contributed by atoms with Crippen molar-refractivity contribution in [3.05, 3.63) is 297 Å². The SMILES string of the molecule is c1ccc([Si]2(c3ccccc3)c3ccccc3N(c3ccc4sc5c(-n6c7ccccc7c7ccccc76)cc(N6c7ccccc7[Si](c7ccccc7)(c7ccccc7)c7ccccc76)cc5c4c3)c3ccccc32)cc1. The highest BCUT2D eigenvalue weighted by atomic mass is 32.1. The second-order valence-electron chi connectivity index (χ2n) is 20.7. The van der Waals surface area contributed by atoms with Crippen molar-refractivity contribution < 1.29 is 0 Å². The first-order valence-electron chi connectivity index (χ1n) is 26.9. The Hall–Kier alpha value is -9.31. The highest BCUT2D eigenvalue weighted by Gasteiger charge is 2.50. The fraction of sp³-hybridized carbons (Fsp3) is 0. The summed E-state index contributed by atoms with van der Waals surface area (Å²) in [5.41, 5.74) is 10.7. The van der Waals surface area contributed by atoms with E-state index in [1.807, 2.05) is 11.3 Å². The number of fused-ring (bicyclic) bond motifs is 10. The minimum Gasteiger partial charge on any atom is -0.311 e. The smallest absolute Gasteiger partial charge is 0.184 e. The van der Waals surface area contributed by atoms with Crippen LogP contribution in [-0.4, -0.2) is 20.7 Å². The van der Waals surface area contributed by atoms with Crippen LogP contribution in [0, 0.1) is 0 Å². The third-order valence-electron chi connectivity index (χ3n) is 16.9. The number of nitrogens with zero attached hydrogens (tertiary/aromatic N) is 3. The maximum atomic E-state index is 2.58. The molecular formula is C72H49N3SSi2. The van der Waals surface area contributed by atoms with Gasteiger partial charge in [0.15, 0.2) is 16.1 Å². The molecule has 78 heavy (non-hydrogen) atoms. The highest BCUT2D eigenvalue weighted by Crippen LogP contribution is 2.48. The van der Waals surface area contributed by atoms with Crippen LogP contribution in [0.2, 0.25) is 0 Å². The van der Waals surface area contributed by atoms with Crippen LogP contribution in [0.25, 0.3) is 47.7 Å². The number of benzene rings is 12. The monoisotopic (exact) mass is 1040 g/mol. The molecule has 0 fully saturated rings. The number of hydrogen-bond acceptors (Lipinski definition) is 3. The molecule has 4 heterocycles. The zero-order valence-electron chi connectivity index (χ0n) is 42.5. The van der Waals surface area contributed by atoms with E-state index in [2.05, 4.69) is 312 Å². The van der Waals surface area contributed by atoms with Crippen molar-refractivity contribution in [1.29, 1.82) is 0 Å². The van der Waals surface area contributed by atoms with Gasteiger partial charge in [0.05, 0.1) is 21.4 Å². The first-order valence-corrected chi connectivity index (χ1v) is 31.7. The number of aromatic nitrogens is 1. The van der Waals surface area contributed by atoms with Gasteiger partial charge in [-0.1, -0.05) is 231 Å². The second-order valence-corrected chi connectivity index (χ2v) is 29.2. The molecule has 2 aliphatic rings. The summed E-state index contributed by atoms with van der Waals surface area (Å²) in [4.78, 5) is 5.14. The molecule has 0 atom stereocenters. The number of thiophene rings is 1. The third-order valence-corrected chi connectivity index (χ3v) is 27.8. The average Bonchev–Trinajstić information content (AvgIpc) is 3.85. The first kappa shape index (κ1) is 44.9. The molecule has 2 aromatic heterocycles. The van der Waals surface area contributed by atoms with Crippen LogP contribution in [0.1, 0.15) is 0 Å². The van der Waals surface area contributed by atoms with E-state index in [9.17, 15) is 0 Å². The lowest BCUT2D eigenvalue weighted by Gasteiger charge is -2.45. The molecule has 0 saturated heterocycles. The van der Waals surface area contributed by atoms with Crippen LogP contribution < -0.4 is 51.3 Å². The van der Waals surface area contributed by atoms with Crippen molar-refractivity contribution in [1.82, 2.24) is 4.57 Å². The fourth-order valence-corrected chi connectivity index (χ4v) is 25.2. The molecule has 0 aliphatic carbocycles. The van der Waals surface area contributed by atoms with Gasteiger partial charge in [-0.15, -0.1) is 11.3 Å². The van der Waals surface area contributed by atoms with Crippen molar-refractivity contribution in [3.63, 3.8) is 0 Å². The Kier molecular flexibility index (Phi) is 10.2. The van der Waals surface area contributed by atoms with Crippen molar-refractivity contribution in [2.75, 3.05) is 9.80 Å². The summed E-state index contributed by atoms with van der Waals surface area (Å²) in [6.07, 6.45) is 0. The number of rotatable bonds is 7. The van der Waals surface area contributed by atoms with Crippen LogP contribution in [0.4, 0.5) is 34.1 Å². The molecule has 366 valence electrons. The molecule has 0 N–H and O–H groups in total. The molecule has 12 aromatic carbocycles. The van der Waals surface area contributed by atoms with E-state index < -0.39 is 16.1 Å². The van der Waals surface area contributed by atoms with Crippen molar-refractivity contribution in [2.24, 2.45) is 0 Å². The van der Waals surface area contributed by atoms with E-state index in [-0.39, 0.29) is 0 Å². The minimum atomic E-state index is -2.86. The summed E-state index contributed by atoms with van der Waals surface area (Å²) in [5, 5.41) is 16.0. The highest BCUT2D eigenvalue weighted by molar-refractivity contribution is 7.26. The summed E-state index contributed by atoms with van der Waals surface area (Å²) in [5.74, 6) is 0. The van der Waals surface area contributed by atoms with E-state index >= 15 is 0 Å². The Morgan fingerprint density at radius 2 is 0.603 bits per heavy atom. The van der Waals surface area contributed by atoms with E-state index in [0.717, 1.165) is 11.4 Å². The molecule has 0 spiro atoms. The standard InChI is InChI=1S/C72H49N3SSi2/c1-5-25-52(26-6-1)77(53-27-7-2-8-28-53)68-41-21-17-37-62(68)73(63-38-18-22-42-69(63)77)50-45-46-67-58(47-50)59-48-51(49-66(72(59)76-67)75-60-35-15-13-33-56(60)57-34-14-16-36-61(57)75)74-64-39-19-23-43-70(64)78(54-29-9-3-10-30-54,55-31-11-4-12-32-55)71-44-24-20-40-65(71)74/h1-49H. The lowest BCUT2D eigenvalue weighted by molar-refractivity contribution is 1.19. The number of para-hydroxylation sites is 6. The van der Waals surface area contributed by atoms with Crippen LogP contribution in [0.15, 0.2) is 297 Å². The van der Waals surface area contributed by atoms with Gasteiger partial charge >= 0.3 is 0 Å². The van der Waals surface area contributed by atoms with Gasteiger partial charge in [-0.2, -0.15) is 0 Å². The molecule has 0 unspecified atom stereocenters. The Labute approximate surface area is 459 Å². The summed E-state index contributed by atoms with van der Waals surface area (Å²) in [7, 11) is -5.66. The Morgan fingerprint density at radius 1 is 0.256 bits per heavy atom. The molecule has 6 heteroatoms. The number of hydrogen-bond donors (Lipinski definition) is 0. The Bertz CT molecular complexity index is 4420. The van der Waals surface area contributed by atoms with Crippen molar-refractivity contribution in [2.45, 2.75) is 0 Å². The second kappa shape index (κ2) is 17.6. The summed E-state index contributed by atoms with van der Waals surface area (Å²) >= 11 is 1.90. The molecule has 2 aliphatic heterocycles. The van der Waals surface area contributed by atoms with Crippen LogP contribution >= 0.6 is 11.3 Å². The van der Waals surface area contributed by atoms with E-state index in [1.54, 1.807) is 0 Å². The molecule has 0 saturated carbocycles. The minimum absolute atomic E-state index is 1.13. The van der Waals surface area contributed by atoms with E-state index in [4.69, 9.17) is 0 Å². The fourth-order valence-electron chi connectivity index (χ4n) is 13.8. The summed E-state index contributed by atoms with van der Waals surface area (Å²) < 4.78 is 5.05. The topological polar surface area (TPSA) is 11.4 Å². The molecule has 0 radical (unpaired) electrons.